The normalized spacial score (nSPS) is 10.3. The minimum Gasteiger partial charge on any atom is -0.497 e. The number of aromatic carboxylic acids is 1. The van der Waals surface area contributed by atoms with Crippen LogP contribution in [0.5, 0.6) is 5.75 Å². The number of nitrogens with zero attached hydrogens (tertiary/aromatic N) is 4. The van der Waals surface area contributed by atoms with Gasteiger partial charge in [0.2, 0.25) is 5.16 Å². The Morgan fingerprint density at radius 3 is 2.70 bits per heavy atom. The summed E-state index contributed by atoms with van der Waals surface area (Å²) >= 11 is 1.40. The lowest BCUT2D eigenvalue weighted by atomic mass is 10.1. The summed E-state index contributed by atoms with van der Waals surface area (Å²) in [7, 11) is 3.14. The van der Waals surface area contributed by atoms with Gasteiger partial charge in [-0.15, -0.1) is 5.10 Å². The van der Waals surface area contributed by atoms with E-state index >= 15 is 0 Å². The van der Waals surface area contributed by atoms with Crippen molar-refractivity contribution in [3.8, 4) is 5.75 Å². The molecule has 0 fully saturated rings. The summed E-state index contributed by atoms with van der Waals surface area (Å²) in [6, 6.07) is 4.15. The van der Waals surface area contributed by atoms with Crippen LogP contribution < -0.4 is 10.1 Å². The van der Waals surface area contributed by atoms with Gasteiger partial charge in [-0.2, -0.15) is 0 Å². The number of carboxylic acids is 1. The van der Waals surface area contributed by atoms with Crippen molar-refractivity contribution in [2.24, 2.45) is 7.05 Å². The van der Waals surface area contributed by atoms with Crippen molar-refractivity contribution in [2.75, 3.05) is 19.4 Å². The Labute approximate surface area is 136 Å². The van der Waals surface area contributed by atoms with E-state index in [1.807, 2.05) is 0 Å². The monoisotopic (exact) mass is 337 g/mol. The summed E-state index contributed by atoms with van der Waals surface area (Å²) in [6.07, 6.45) is 0. The lowest BCUT2D eigenvalue weighted by Crippen LogP contribution is -2.26. The minimum absolute atomic E-state index is 0.00552. The Kier molecular flexibility index (Phi) is 5.52. The first-order valence-electron chi connectivity index (χ1n) is 6.57. The highest BCUT2D eigenvalue weighted by molar-refractivity contribution is 7.99. The summed E-state index contributed by atoms with van der Waals surface area (Å²) in [5, 5.41) is 23.4. The molecule has 0 aliphatic heterocycles. The molecule has 1 aromatic carbocycles. The second-order valence-corrected chi connectivity index (χ2v) is 5.51. The third kappa shape index (κ3) is 4.42. The molecule has 2 N–H and O–H groups in total. The maximum Gasteiger partial charge on any atom is 0.335 e. The SMILES string of the molecule is COc1cc(C(=O)O)cc(C(=O)NCCSc2nnnn2C)c1. The Hall–Kier alpha value is -2.62. The Morgan fingerprint density at radius 2 is 2.09 bits per heavy atom. The summed E-state index contributed by atoms with van der Waals surface area (Å²) in [5.41, 5.74) is 0.223. The second-order valence-electron chi connectivity index (χ2n) is 4.44. The van der Waals surface area contributed by atoms with E-state index < -0.39 is 5.97 Å². The third-order valence-corrected chi connectivity index (χ3v) is 3.86. The topological polar surface area (TPSA) is 119 Å². The highest BCUT2D eigenvalue weighted by Gasteiger charge is 2.12. The molecule has 1 aromatic heterocycles. The molecule has 122 valence electrons. The molecule has 0 spiro atoms. The molecule has 2 rings (SSSR count). The van der Waals surface area contributed by atoms with Crippen LogP contribution in [-0.4, -0.2) is 56.6 Å². The van der Waals surface area contributed by atoms with Gasteiger partial charge >= 0.3 is 5.97 Å². The average Bonchev–Trinajstić information content (AvgIpc) is 2.95. The van der Waals surface area contributed by atoms with Gasteiger partial charge in [-0.1, -0.05) is 11.8 Å². The number of aryl methyl sites for hydroxylation is 1. The molecule has 0 bridgehead atoms. The Morgan fingerprint density at radius 1 is 1.35 bits per heavy atom. The lowest BCUT2D eigenvalue weighted by molar-refractivity contribution is 0.0696. The number of benzene rings is 1. The van der Waals surface area contributed by atoms with Crippen molar-refractivity contribution in [3.05, 3.63) is 29.3 Å². The number of carbonyl (C=O) groups is 2. The largest absolute Gasteiger partial charge is 0.497 e. The molecule has 0 saturated carbocycles. The second kappa shape index (κ2) is 7.58. The van der Waals surface area contributed by atoms with Gasteiger partial charge in [0.1, 0.15) is 5.75 Å². The molecule has 0 aliphatic rings. The summed E-state index contributed by atoms with van der Waals surface area (Å²) < 4.78 is 6.55. The number of carbonyl (C=O) groups excluding carboxylic acids is 1. The summed E-state index contributed by atoms with van der Waals surface area (Å²) in [5.74, 6) is -0.601. The average molecular weight is 337 g/mol. The van der Waals surface area contributed by atoms with E-state index in [1.54, 1.807) is 7.05 Å². The standard InChI is InChI=1S/C13H15N5O4S/c1-18-13(15-16-17-18)23-4-3-14-11(19)8-5-9(12(20)21)7-10(6-8)22-2/h5-7H,3-4H2,1-2H3,(H,14,19)(H,20,21). The van der Waals surface area contributed by atoms with Crippen molar-refractivity contribution in [1.82, 2.24) is 25.5 Å². The number of hydrogen-bond acceptors (Lipinski definition) is 7. The predicted molar refractivity (Wildman–Crippen MR) is 81.8 cm³/mol. The van der Waals surface area contributed by atoms with E-state index in [4.69, 9.17) is 9.84 Å². The highest BCUT2D eigenvalue weighted by Crippen LogP contribution is 2.17. The van der Waals surface area contributed by atoms with Gasteiger partial charge in [-0.25, -0.2) is 9.48 Å². The zero-order valence-electron chi connectivity index (χ0n) is 12.5. The molecule has 0 saturated heterocycles. The van der Waals surface area contributed by atoms with Crippen LogP contribution in [0.1, 0.15) is 20.7 Å². The van der Waals surface area contributed by atoms with E-state index in [0.29, 0.717) is 23.2 Å². The zero-order valence-corrected chi connectivity index (χ0v) is 13.3. The molecule has 9 nitrogen and oxygen atoms in total. The fraction of sp³-hybridized carbons (Fsp3) is 0.308. The number of rotatable bonds is 7. The molecule has 0 atom stereocenters. The number of hydrogen-bond donors (Lipinski definition) is 2. The number of amides is 1. The number of thioether (sulfide) groups is 1. The molecule has 23 heavy (non-hydrogen) atoms. The van der Waals surface area contributed by atoms with E-state index in [0.717, 1.165) is 0 Å². The van der Waals surface area contributed by atoms with Gasteiger partial charge in [0.25, 0.3) is 5.91 Å². The van der Waals surface area contributed by atoms with Crippen molar-refractivity contribution >= 4 is 23.6 Å². The molecular formula is C13H15N5O4S. The predicted octanol–water partition coefficient (Wildman–Crippen LogP) is 0.439. The van der Waals surface area contributed by atoms with Gasteiger partial charge in [0, 0.05) is 24.9 Å². The molecule has 0 radical (unpaired) electrons. The molecule has 2 aromatic rings. The molecule has 1 heterocycles. The van der Waals surface area contributed by atoms with E-state index in [1.165, 1.54) is 41.8 Å². The maximum atomic E-state index is 12.1. The molecular weight excluding hydrogens is 322 g/mol. The van der Waals surface area contributed by atoms with E-state index in [2.05, 4.69) is 20.8 Å². The third-order valence-electron chi connectivity index (χ3n) is 2.85. The summed E-state index contributed by atoms with van der Waals surface area (Å²) in [4.78, 5) is 23.2. The van der Waals surface area contributed by atoms with Crippen molar-refractivity contribution < 1.29 is 19.4 Å². The number of tetrazole rings is 1. The van der Waals surface area contributed by atoms with Crippen LogP contribution in [0.3, 0.4) is 0 Å². The number of ether oxygens (including phenoxy) is 1. The first kappa shape index (κ1) is 16.7. The molecule has 10 heteroatoms. The van der Waals surface area contributed by atoms with E-state index in [9.17, 15) is 9.59 Å². The van der Waals surface area contributed by atoms with Crippen LogP contribution in [0, 0.1) is 0 Å². The number of aromatic nitrogens is 4. The van der Waals surface area contributed by atoms with Crippen LogP contribution in [0.4, 0.5) is 0 Å². The van der Waals surface area contributed by atoms with Crippen molar-refractivity contribution in [3.63, 3.8) is 0 Å². The maximum absolute atomic E-state index is 12.1. The van der Waals surface area contributed by atoms with Crippen LogP contribution in [0.2, 0.25) is 0 Å². The first-order chi connectivity index (χ1) is 11.0. The zero-order chi connectivity index (χ0) is 16.8. The number of nitrogens with one attached hydrogen (secondary N) is 1. The number of carboxylic acid groups (broad SMARTS) is 1. The Balaban J connectivity index is 1.93. The van der Waals surface area contributed by atoms with Gasteiger partial charge in [-0.05, 0) is 28.6 Å². The van der Waals surface area contributed by atoms with E-state index in [-0.39, 0.29) is 17.0 Å². The minimum atomic E-state index is -1.12. The number of methoxy groups -OCH3 is 1. The fourth-order valence-corrected chi connectivity index (χ4v) is 2.43. The smallest absolute Gasteiger partial charge is 0.335 e. The van der Waals surface area contributed by atoms with Crippen LogP contribution in [0.25, 0.3) is 0 Å². The van der Waals surface area contributed by atoms with Gasteiger partial charge < -0.3 is 15.2 Å². The highest BCUT2D eigenvalue weighted by atomic mass is 32.2. The molecule has 0 unspecified atom stereocenters. The summed E-state index contributed by atoms with van der Waals surface area (Å²) in [6.45, 7) is 0.385. The first-order valence-corrected chi connectivity index (χ1v) is 7.55. The van der Waals surface area contributed by atoms with Crippen LogP contribution in [0.15, 0.2) is 23.4 Å². The van der Waals surface area contributed by atoms with Gasteiger partial charge in [-0.3, -0.25) is 4.79 Å². The van der Waals surface area contributed by atoms with Gasteiger partial charge in [0.15, 0.2) is 0 Å². The van der Waals surface area contributed by atoms with Crippen LogP contribution >= 0.6 is 11.8 Å². The fourth-order valence-electron chi connectivity index (χ4n) is 1.72. The molecule has 1 amide bonds. The van der Waals surface area contributed by atoms with Crippen molar-refractivity contribution in [2.45, 2.75) is 5.16 Å². The lowest BCUT2D eigenvalue weighted by Gasteiger charge is -2.08. The van der Waals surface area contributed by atoms with Crippen molar-refractivity contribution in [1.29, 1.82) is 0 Å². The quantitative estimate of drug-likeness (QED) is 0.552. The van der Waals surface area contributed by atoms with Crippen LogP contribution in [-0.2, 0) is 7.05 Å². The Bertz CT molecular complexity index is 718. The molecule has 0 aliphatic carbocycles. The van der Waals surface area contributed by atoms with Gasteiger partial charge in [0.05, 0.1) is 12.7 Å².